The Bertz CT molecular complexity index is 691. The number of aliphatic hydroxyl groups is 2. The average Bonchev–Trinajstić information content (AvgIpc) is 2.93. The first kappa shape index (κ1) is 23.8. The van der Waals surface area contributed by atoms with Gasteiger partial charge in [-0.3, -0.25) is 4.79 Å². The number of ether oxygens (including phenoxy) is 3. The molecular weight excluding hydrogens is 396 g/mol. The molecule has 0 amide bonds. The van der Waals surface area contributed by atoms with E-state index in [1.54, 1.807) is 6.08 Å². The SMILES string of the molecule is CCOC(=O)CCC[C@H]1CC[C@@H]2[C@@H](/C=C/C(O)COc3ccccc3)[C@H](O)C[C@@H]2OC1. The van der Waals surface area contributed by atoms with Gasteiger partial charge in [0.1, 0.15) is 18.5 Å². The number of esters is 1. The molecule has 0 bridgehead atoms. The number of carbonyl (C=O) groups excluding carboxylic acids is 1. The Morgan fingerprint density at radius 1 is 1.29 bits per heavy atom. The monoisotopic (exact) mass is 432 g/mol. The van der Waals surface area contributed by atoms with Gasteiger partial charge in [-0.25, -0.2) is 0 Å². The van der Waals surface area contributed by atoms with Crippen molar-refractivity contribution in [3.05, 3.63) is 42.5 Å². The summed E-state index contributed by atoms with van der Waals surface area (Å²) in [6.07, 6.45) is 7.44. The zero-order chi connectivity index (χ0) is 22.1. The normalized spacial score (nSPS) is 29.3. The number of hydrogen-bond acceptors (Lipinski definition) is 6. The molecule has 0 radical (unpaired) electrons. The summed E-state index contributed by atoms with van der Waals surface area (Å²) in [5, 5.41) is 20.8. The topological polar surface area (TPSA) is 85.2 Å². The largest absolute Gasteiger partial charge is 0.491 e. The van der Waals surface area contributed by atoms with E-state index in [1.807, 2.05) is 43.3 Å². The lowest BCUT2D eigenvalue weighted by Gasteiger charge is -2.21. The molecule has 1 saturated carbocycles. The minimum Gasteiger partial charge on any atom is -0.491 e. The lowest BCUT2D eigenvalue weighted by atomic mass is 9.86. The number of benzene rings is 1. The molecule has 31 heavy (non-hydrogen) atoms. The van der Waals surface area contributed by atoms with Gasteiger partial charge in [-0.15, -0.1) is 0 Å². The van der Waals surface area contributed by atoms with Crippen LogP contribution in [-0.2, 0) is 14.3 Å². The molecule has 2 fully saturated rings. The highest BCUT2D eigenvalue weighted by Gasteiger charge is 2.43. The van der Waals surface area contributed by atoms with E-state index in [-0.39, 0.29) is 30.5 Å². The van der Waals surface area contributed by atoms with Crippen molar-refractivity contribution in [2.75, 3.05) is 19.8 Å². The van der Waals surface area contributed by atoms with Crippen LogP contribution < -0.4 is 4.74 Å². The molecule has 3 rings (SSSR count). The number of fused-ring (bicyclic) bond motifs is 1. The van der Waals surface area contributed by atoms with Crippen molar-refractivity contribution < 1.29 is 29.2 Å². The molecule has 6 atom stereocenters. The van der Waals surface area contributed by atoms with Gasteiger partial charge < -0.3 is 24.4 Å². The van der Waals surface area contributed by atoms with Crippen molar-refractivity contribution in [2.45, 2.75) is 63.8 Å². The fourth-order valence-corrected chi connectivity index (χ4v) is 4.72. The summed E-state index contributed by atoms with van der Waals surface area (Å²) in [4.78, 5) is 11.5. The van der Waals surface area contributed by atoms with Crippen molar-refractivity contribution in [3.8, 4) is 5.75 Å². The lowest BCUT2D eigenvalue weighted by Crippen LogP contribution is -2.22. The molecule has 2 N–H and O–H groups in total. The van der Waals surface area contributed by atoms with Gasteiger partial charge in [0.25, 0.3) is 0 Å². The van der Waals surface area contributed by atoms with Gasteiger partial charge in [0.15, 0.2) is 0 Å². The van der Waals surface area contributed by atoms with Crippen molar-refractivity contribution in [1.82, 2.24) is 0 Å². The number of rotatable bonds is 10. The molecule has 1 saturated heterocycles. The van der Waals surface area contributed by atoms with Gasteiger partial charge in [0.05, 0.1) is 18.8 Å². The van der Waals surface area contributed by atoms with E-state index < -0.39 is 12.2 Å². The molecule has 0 spiro atoms. The second-order valence-corrected chi connectivity index (χ2v) is 8.63. The maximum atomic E-state index is 11.5. The zero-order valence-electron chi connectivity index (χ0n) is 18.4. The first-order valence-electron chi connectivity index (χ1n) is 11.6. The van der Waals surface area contributed by atoms with Crippen LogP contribution in [0.15, 0.2) is 42.5 Å². The van der Waals surface area contributed by atoms with Gasteiger partial charge >= 0.3 is 5.97 Å². The van der Waals surface area contributed by atoms with Gasteiger partial charge in [-0.05, 0) is 56.6 Å². The lowest BCUT2D eigenvalue weighted by molar-refractivity contribution is -0.143. The van der Waals surface area contributed by atoms with Crippen LogP contribution in [0.1, 0.15) is 45.4 Å². The highest BCUT2D eigenvalue weighted by molar-refractivity contribution is 5.69. The Morgan fingerprint density at radius 3 is 2.87 bits per heavy atom. The number of carbonyl (C=O) groups is 1. The minimum absolute atomic E-state index is 0.0188. The molecule has 1 heterocycles. The van der Waals surface area contributed by atoms with E-state index in [0.29, 0.717) is 32.0 Å². The van der Waals surface area contributed by atoms with Crippen molar-refractivity contribution in [3.63, 3.8) is 0 Å². The molecule has 2 aliphatic rings. The molecular formula is C25H36O6. The Morgan fingerprint density at radius 2 is 2.10 bits per heavy atom. The first-order valence-corrected chi connectivity index (χ1v) is 11.6. The summed E-state index contributed by atoms with van der Waals surface area (Å²) in [6, 6.07) is 9.41. The molecule has 1 aromatic carbocycles. The van der Waals surface area contributed by atoms with Crippen molar-refractivity contribution in [1.29, 1.82) is 0 Å². The maximum Gasteiger partial charge on any atom is 0.305 e. The van der Waals surface area contributed by atoms with Crippen LogP contribution in [0.25, 0.3) is 0 Å². The molecule has 1 aliphatic carbocycles. The minimum atomic E-state index is -0.728. The highest BCUT2D eigenvalue weighted by atomic mass is 16.5. The second kappa shape index (κ2) is 12.2. The van der Waals surface area contributed by atoms with E-state index in [0.717, 1.165) is 31.4 Å². The predicted octanol–water partition coefficient (Wildman–Crippen LogP) is 3.51. The zero-order valence-corrected chi connectivity index (χ0v) is 18.4. The molecule has 1 aliphatic heterocycles. The van der Waals surface area contributed by atoms with E-state index in [9.17, 15) is 15.0 Å². The van der Waals surface area contributed by atoms with E-state index >= 15 is 0 Å². The van der Waals surface area contributed by atoms with Crippen LogP contribution >= 0.6 is 0 Å². The summed E-state index contributed by atoms with van der Waals surface area (Å²) >= 11 is 0. The predicted molar refractivity (Wildman–Crippen MR) is 118 cm³/mol. The molecule has 6 heteroatoms. The standard InChI is InChI=1S/C25H36O6/c1-2-29-25(28)10-6-7-18-11-13-22-21(23(27)15-24(22)31-16-18)14-12-19(26)17-30-20-8-4-3-5-9-20/h3-5,8-9,12,14,18-19,21-24,26-27H,2,6-7,10-11,13,15-17H2,1H3/b14-12+/t18-,19?,21+,22+,23+,24-/m0/s1. The Balaban J connectivity index is 1.45. The van der Waals surface area contributed by atoms with Crippen molar-refractivity contribution >= 4 is 5.97 Å². The summed E-state index contributed by atoms with van der Waals surface area (Å²) in [5.41, 5.74) is 0. The number of hydrogen-bond donors (Lipinski definition) is 2. The van der Waals surface area contributed by atoms with Crippen LogP contribution in [0.2, 0.25) is 0 Å². The quantitative estimate of drug-likeness (QED) is 0.435. The maximum absolute atomic E-state index is 11.5. The number of para-hydroxylation sites is 1. The third-order valence-corrected chi connectivity index (χ3v) is 6.36. The number of aliphatic hydroxyl groups excluding tert-OH is 2. The second-order valence-electron chi connectivity index (χ2n) is 8.63. The van der Waals surface area contributed by atoms with E-state index in [4.69, 9.17) is 14.2 Å². The summed E-state index contributed by atoms with van der Waals surface area (Å²) in [5.74, 6) is 1.27. The highest BCUT2D eigenvalue weighted by Crippen LogP contribution is 2.42. The van der Waals surface area contributed by atoms with Gasteiger partial charge in [0, 0.05) is 25.4 Å². The molecule has 172 valence electrons. The Kier molecular flexibility index (Phi) is 9.37. The van der Waals surface area contributed by atoms with Gasteiger partial charge in [-0.2, -0.15) is 0 Å². The molecule has 1 aromatic rings. The van der Waals surface area contributed by atoms with Crippen LogP contribution in [0.5, 0.6) is 5.75 Å². The Hall–Kier alpha value is -1.89. The van der Waals surface area contributed by atoms with Crippen LogP contribution in [0.3, 0.4) is 0 Å². The summed E-state index contributed by atoms with van der Waals surface area (Å²) in [6.45, 7) is 3.11. The van der Waals surface area contributed by atoms with Gasteiger partial charge in [-0.1, -0.05) is 30.4 Å². The molecule has 6 nitrogen and oxygen atoms in total. The van der Waals surface area contributed by atoms with Crippen LogP contribution in [0.4, 0.5) is 0 Å². The third-order valence-electron chi connectivity index (χ3n) is 6.36. The van der Waals surface area contributed by atoms with Crippen LogP contribution in [-0.4, -0.2) is 54.3 Å². The van der Waals surface area contributed by atoms with E-state index in [2.05, 4.69) is 0 Å². The Labute approximate surface area is 185 Å². The van der Waals surface area contributed by atoms with Crippen LogP contribution in [0, 0.1) is 17.8 Å². The van der Waals surface area contributed by atoms with Crippen molar-refractivity contribution in [2.24, 2.45) is 17.8 Å². The molecule has 1 unspecified atom stereocenters. The fourth-order valence-electron chi connectivity index (χ4n) is 4.72. The first-order chi connectivity index (χ1) is 15.1. The average molecular weight is 433 g/mol. The smallest absolute Gasteiger partial charge is 0.305 e. The third kappa shape index (κ3) is 7.34. The fraction of sp³-hybridized carbons (Fsp3) is 0.640. The van der Waals surface area contributed by atoms with Gasteiger partial charge in [0.2, 0.25) is 0 Å². The molecule has 0 aromatic heterocycles. The summed E-state index contributed by atoms with van der Waals surface area (Å²) in [7, 11) is 0. The van der Waals surface area contributed by atoms with E-state index in [1.165, 1.54) is 0 Å². The summed E-state index contributed by atoms with van der Waals surface area (Å²) < 4.78 is 16.8.